The molecular weight excluding hydrogens is 290 g/mol. The Labute approximate surface area is 128 Å². The number of aryl methyl sites for hydroxylation is 1. The lowest BCUT2D eigenvalue weighted by atomic mass is 10.1. The van der Waals surface area contributed by atoms with Gasteiger partial charge in [0.15, 0.2) is 0 Å². The third-order valence-electron chi connectivity index (χ3n) is 3.34. The number of thiazole rings is 1. The molecule has 2 aromatic rings. The zero-order valence-corrected chi connectivity index (χ0v) is 13.3. The number of hydrogen-bond acceptors (Lipinski definition) is 3. The topological polar surface area (TPSA) is 24.9 Å². The minimum atomic E-state index is -2.43. The van der Waals surface area contributed by atoms with Gasteiger partial charge < -0.3 is 5.32 Å². The fraction of sp³-hybridized carbons (Fsp3) is 0.438. The Morgan fingerprint density at radius 2 is 1.90 bits per heavy atom. The highest BCUT2D eigenvalue weighted by atomic mass is 32.1. The van der Waals surface area contributed by atoms with Crippen LogP contribution in [0.4, 0.5) is 8.78 Å². The van der Waals surface area contributed by atoms with Crippen LogP contribution in [0.25, 0.3) is 10.6 Å². The van der Waals surface area contributed by atoms with Gasteiger partial charge in [0, 0.05) is 22.0 Å². The Morgan fingerprint density at radius 1 is 1.24 bits per heavy atom. The van der Waals surface area contributed by atoms with Gasteiger partial charge >= 0.3 is 0 Å². The van der Waals surface area contributed by atoms with Gasteiger partial charge in [0.25, 0.3) is 6.43 Å². The molecule has 0 amide bonds. The second kappa shape index (κ2) is 7.09. The zero-order valence-electron chi connectivity index (χ0n) is 12.5. The van der Waals surface area contributed by atoms with E-state index in [4.69, 9.17) is 0 Å². The maximum absolute atomic E-state index is 12.6. The van der Waals surface area contributed by atoms with Crippen molar-refractivity contribution < 1.29 is 8.78 Å². The lowest BCUT2D eigenvalue weighted by Gasteiger charge is -2.11. The summed E-state index contributed by atoms with van der Waals surface area (Å²) in [6, 6.07) is 6.63. The van der Waals surface area contributed by atoms with E-state index in [1.165, 1.54) is 17.0 Å². The number of hydrogen-bond donors (Lipinski definition) is 1. The first-order chi connectivity index (χ1) is 10.0. The van der Waals surface area contributed by atoms with Gasteiger partial charge in [0.05, 0.1) is 5.69 Å². The molecule has 1 aromatic heterocycles. The van der Waals surface area contributed by atoms with Crippen LogP contribution in [0.1, 0.15) is 48.9 Å². The lowest BCUT2D eigenvalue weighted by molar-refractivity contribution is 0.151. The molecule has 0 radical (unpaired) electrons. The van der Waals surface area contributed by atoms with Crippen LogP contribution < -0.4 is 5.32 Å². The summed E-state index contributed by atoms with van der Waals surface area (Å²) in [5.41, 5.74) is 1.94. The molecule has 5 heteroatoms. The van der Waals surface area contributed by atoms with Crippen molar-refractivity contribution in [2.75, 3.05) is 6.54 Å². The van der Waals surface area contributed by atoms with E-state index in [9.17, 15) is 8.78 Å². The molecule has 0 saturated heterocycles. The fourth-order valence-electron chi connectivity index (χ4n) is 2.16. The van der Waals surface area contributed by atoms with Gasteiger partial charge in [0.1, 0.15) is 5.01 Å². The Bertz CT molecular complexity index is 578. The summed E-state index contributed by atoms with van der Waals surface area (Å²) in [5, 5.41) is 4.33. The second-order valence-electron chi connectivity index (χ2n) is 5.07. The standard InChI is InChI=1S/C16H20F2N2S/c1-4-9-19-10(2)14-11(3)20-16(21-14)13-7-5-12(6-8-13)15(17)18/h5-8,10,15,19H,4,9H2,1-3H3. The van der Waals surface area contributed by atoms with Crippen LogP contribution in [0.15, 0.2) is 24.3 Å². The van der Waals surface area contributed by atoms with E-state index in [-0.39, 0.29) is 11.6 Å². The van der Waals surface area contributed by atoms with Crippen molar-refractivity contribution in [3.8, 4) is 10.6 Å². The molecule has 1 heterocycles. The van der Waals surface area contributed by atoms with Crippen molar-refractivity contribution in [1.82, 2.24) is 10.3 Å². The van der Waals surface area contributed by atoms with E-state index in [0.717, 1.165) is 29.2 Å². The average molecular weight is 310 g/mol. The van der Waals surface area contributed by atoms with Crippen molar-refractivity contribution in [2.24, 2.45) is 0 Å². The number of aromatic nitrogens is 1. The largest absolute Gasteiger partial charge is 0.309 e. The zero-order chi connectivity index (χ0) is 15.4. The van der Waals surface area contributed by atoms with Crippen LogP contribution in [0.5, 0.6) is 0 Å². The summed E-state index contributed by atoms with van der Waals surface area (Å²) in [6.07, 6.45) is -1.34. The van der Waals surface area contributed by atoms with E-state index in [1.54, 1.807) is 23.5 Å². The number of nitrogens with zero attached hydrogens (tertiary/aromatic N) is 1. The Balaban J connectivity index is 2.21. The van der Waals surface area contributed by atoms with E-state index in [1.807, 2.05) is 6.92 Å². The Morgan fingerprint density at radius 3 is 2.48 bits per heavy atom. The lowest BCUT2D eigenvalue weighted by Crippen LogP contribution is -2.18. The molecule has 1 aromatic carbocycles. The van der Waals surface area contributed by atoms with E-state index >= 15 is 0 Å². The number of nitrogens with one attached hydrogen (secondary N) is 1. The fourth-order valence-corrected chi connectivity index (χ4v) is 3.26. The summed E-state index contributed by atoms with van der Waals surface area (Å²) in [6.45, 7) is 7.22. The monoisotopic (exact) mass is 310 g/mol. The van der Waals surface area contributed by atoms with Crippen molar-refractivity contribution in [1.29, 1.82) is 0 Å². The molecule has 0 aliphatic carbocycles. The normalized spacial score (nSPS) is 12.9. The summed E-state index contributed by atoms with van der Waals surface area (Å²) in [7, 11) is 0. The molecular formula is C16H20F2N2S. The number of benzene rings is 1. The van der Waals surface area contributed by atoms with Crippen molar-refractivity contribution >= 4 is 11.3 Å². The van der Waals surface area contributed by atoms with Gasteiger partial charge in [0.2, 0.25) is 0 Å². The molecule has 0 spiro atoms. The van der Waals surface area contributed by atoms with Gasteiger partial charge in [-0.15, -0.1) is 11.3 Å². The van der Waals surface area contributed by atoms with Crippen LogP contribution in [0.3, 0.4) is 0 Å². The molecule has 2 nitrogen and oxygen atoms in total. The Hall–Kier alpha value is -1.33. The first-order valence-electron chi connectivity index (χ1n) is 7.12. The number of halogens is 2. The minimum absolute atomic E-state index is 0.0465. The smallest absolute Gasteiger partial charge is 0.263 e. The van der Waals surface area contributed by atoms with Crippen LogP contribution in [0, 0.1) is 6.92 Å². The summed E-state index contributed by atoms with van der Waals surface area (Å²) in [4.78, 5) is 5.78. The molecule has 1 unspecified atom stereocenters. The number of alkyl halides is 2. The molecule has 0 aliphatic heterocycles. The second-order valence-corrected chi connectivity index (χ2v) is 6.10. The first kappa shape index (κ1) is 16.0. The van der Waals surface area contributed by atoms with Gasteiger partial charge in [-0.3, -0.25) is 0 Å². The maximum Gasteiger partial charge on any atom is 0.263 e. The Kier molecular flexibility index (Phi) is 5.42. The van der Waals surface area contributed by atoms with Gasteiger partial charge in [-0.1, -0.05) is 31.2 Å². The van der Waals surface area contributed by atoms with Crippen LogP contribution in [-0.2, 0) is 0 Å². The van der Waals surface area contributed by atoms with E-state index < -0.39 is 6.43 Å². The molecule has 114 valence electrons. The molecule has 1 N–H and O–H groups in total. The molecule has 21 heavy (non-hydrogen) atoms. The van der Waals surface area contributed by atoms with Gasteiger partial charge in [-0.2, -0.15) is 0 Å². The third kappa shape index (κ3) is 3.86. The molecule has 2 rings (SSSR count). The molecule has 1 atom stereocenters. The predicted molar refractivity (Wildman–Crippen MR) is 84.0 cm³/mol. The summed E-state index contributed by atoms with van der Waals surface area (Å²) < 4.78 is 25.1. The quantitative estimate of drug-likeness (QED) is 0.801. The molecule has 0 aliphatic rings. The minimum Gasteiger partial charge on any atom is -0.309 e. The molecule has 0 fully saturated rings. The van der Waals surface area contributed by atoms with E-state index in [0.29, 0.717) is 0 Å². The predicted octanol–water partition coefficient (Wildman–Crippen LogP) is 5.12. The SMILES string of the molecule is CCCNC(C)c1sc(-c2ccc(C(F)F)cc2)nc1C. The summed E-state index contributed by atoms with van der Waals surface area (Å²) in [5.74, 6) is 0. The van der Waals surface area contributed by atoms with Crippen LogP contribution in [0.2, 0.25) is 0 Å². The van der Waals surface area contributed by atoms with E-state index in [2.05, 4.69) is 24.1 Å². The van der Waals surface area contributed by atoms with Crippen LogP contribution >= 0.6 is 11.3 Å². The van der Waals surface area contributed by atoms with Crippen molar-refractivity contribution in [3.63, 3.8) is 0 Å². The highest BCUT2D eigenvalue weighted by Crippen LogP contribution is 2.32. The highest BCUT2D eigenvalue weighted by molar-refractivity contribution is 7.15. The molecule has 0 saturated carbocycles. The molecule has 0 bridgehead atoms. The average Bonchev–Trinajstić information content (AvgIpc) is 2.87. The number of rotatable bonds is 6. The highest BCUT2D eigenvalue weighted by Gasteiger charge is 2.15. The summed E-state index contributed by atoms with van der Waals surface area (Å²) >= 11 is 1.62. The van der Waals surface area contributed by atoms with Gasteiger partial charge in [-0.05, 0) is 26.8 Å². The van der Waals surface area contributed by atoms with Crippen LogP contribution in [-0.4, -0.2) is 11.5 Å². The van der Waals surface area contributed by atoms with Crippen molar-refractivity contribution in [3.05, 3.63) is 40.4 Å². The van der Waals surface area contributed by atoms with Crippen molar-refractivity contribution in [2.45, 2.75) is 39.7 Å². The maximum atomic E-state index is 12.6. The van der Waals surface area contributed by atoms with Gasteiger partial charge in [-0.25, -0.2) is 13.8 Å². The first-order valence-corrected chi connectivity index (χ1v) is 7.93. The third-order valence-corrected chi connectivity index (χ3v) is 4.73.